The number of nitrogens with one attached hydrogen (secondary N) is 2. The Bertz CT molecular complexity index is 2500. The number of carbonyl (C=O) groups excluding carboxylic acids is 4. The number of esters is 1. The first-order valence-electron chi connectivity index (χ1n) is 23.3. The van der Waals surface area contributed by atoms with E-state index >= 15 is 4.39 Å². The second-order valence-electron chi connectivity index (χ2n) is 18.5. The van der Waals surface area contributed by atoms with Crippen LogP contribution < -0.4 is 14.9 Å². The van der Waals surface area contributed by atoms with Crippen LogP contribution in [0.15, 0.2) is 84.9 Å². The Morgan fingerprint density at radius 1 is 0.971 bits per heavy atom. The number of para-hydroxylation sites is 1. The highest BCUT2D eigenvalue weighted by Gasteiger charge is 2.58. The molecule has 4 aliphatic rings. The van der Waals surface area contributed by atoms with Crippen molar-refractivity contribution in [1.82, 2.24) is 25.1 Å². The topological polar surface area (TPSA) is 147 Å². The number of fused-ring (bicyclic) bond motifs is 2. The molecule has 0 radical (unpaired) electrons. The Kier molecular flexibility index (Phi) is 15.0. The van der Waals surface area contributed by atoms with Crippen LogP contribution in [-0.4, -0.2) is 114 Å². The molecule has 0 unspecified atom stereocenters. The molecule has 366 valence electrons. The van der Waals surface area contributed by atoms with E-state index in [-0.39, 0.29) is 65.1 Å². The van der Waals surface area contributed by atoms with E-state index < -0.39 is 62.4 Å². The van der Waals surface area contributed by atoms with Gasteiger partial charge in [-0.15, -0.1) is 24.5 Å². The maximum absolute atomic E-state index is 16.7. The Morgan fingerprint density at radius 3 is 2.38 bits per heavy atom. The molecule has 13 nitrogen and oxygen atoms in total. The lowest BCUT2D eigenvalue weighted by Gasteiger charge is -2.41. The van der Waals surface area contributed by atoms with E-state index in [9.17, 15) is 36.9 Å². The Hall–Kier alpha value is -4.87. The van der Waals surface area contributed by atoms with Gasteiger partial charge in [0.15, 0.2) is 0 Å². The van der Waals surface area contributed by atoms with Crippen molar-refractivity contribution in [3.63, 3.8) is 0 Å². The summed E-state index contributed by atoms with van der Waals surface area (Å²) < 4.78 is 85.6. The molecule has 0 bridgehead atoms. The standard InChI is InChI=1S/C49H58F4N5O8PS/c1-4-24-64-47(62)31(2)55-67(63,66-38-13-9-6-10-14-38)43(50)33-15-20-41-34(26-33)27-42(68-41)44(59)54-39-18-16-36(56(3)23-25-65-49(51,52)53)28-37-17-19-40(58(37)45(39)60)46(61)57-30-35(29-48(57)21-22-48)32-11-7-5-8-12-32/h5-15,20,26-27,31,35-37,39-40,43H,4,16-19,21-25,28-30H2,1-3H3,(H,54,59)(H,55,63)/t31-,35+,36-,37+,39-,40-,43+,67+/m0/s1. The summed E-state index contributed by atoms with van der Waals surface area (Å²) in [5, 5.41) is 5.96. The number of nitrogens with zero attached hydrogens (tertiary/aromatic N) is 3. The van der Waals surface area contributed by atoms with Crippen LogP contribution in [0.5, 0.6) is 5.75 Å². The highest BCUT2D eigenvalue weighted by Crippen LogP contribution is 2.58. The summed E-state index contributed by atoms with van der Waals surface area (Å²) in [5.41, 5.74) is 0.865. The van der Waals surface area contributed by atoms with Gasteiger partial charge in [-0.25, -0.2) is 9.48 Å². The number of halogens is 4. The molecule has 3 aliphatic heterocycles. The van der Waals surface area contributed by atoms with Gasteiger partial charge in [0, 0.05) is 41.3 Å². The molecule has 3 aromatic carbocycles. The van der Waals surface area contributed by atoms with Gasteiger partial charge in [-0.2, -0.15) is 0 Å². The minimum absolute atomic E-state index is 0.0284. The van der Waals surface area contributed by atoms with Crippen molar-refractivity contribution in [2.24, 2.45) is 0 Å². The summed E-state index contributed by atoms with van der Waals surface area (Å²) in [6.07, 6.45) is 0.276. The van der Waals surface area contributed by atoms with Crippen LogP contribution in [0.4, 0.5) is 17.6 Å². The molecule has 4 heterocycles. The van der Waals surface area contributed by atoms with Gasteiger partial charge in [0.05, 0.1) is 18.1 Å². The highest BCUT2D eigenvalue weighted by atomic mass is 32.1. The van der Waals surface area contributed by atoms with Gasteiger partial charge in [-0.05, 0) is 119 Å². The van der Waals surface area contributed by atoms with E-state index in [1.54, 1.807) is 47.2 Å². The average Bonchev–Trinajstić information content (AvgIpc) is 3.59. The molecular formula is C49H58F4N5O8PS. The maximum atomic E-state index is 16.7. The lowest BCUT2D eigenvalue weighted by Crippen LogP contribution is -2.59. The van der Waals surface area contributed by atoms with Crippen LogP contribution in [0.1, 0.15) is 104 Å². The van der Waals surface area contributed by atoms with Crippen molar-refractivity contribution in [2.75, 3.05) is 33.4 Å². The summed E-state index contributed by atoms with van der Waals surface area (Å²) in [5.74, 6) is -3.78. The number of likely N-dealkylation sites (N-methyl/N-ethyl adjacent to an activating group) is 1. The van der Waals surface area contributed by atoms with E-state index in [0.29, 0.717) is 48.7 Å². The van der Waals surface area contributed by atoms with Crippen LogP contribution in [-0.2, 0) is 28.4 Å². The fourth-order valence-corrected chi connectivity index (χ4v) is 13.0. The van der Waals surface area contributed by atoms with E-state index in [1.807, 2.05) is 30.0 Å². The number of thiophene rings is 1. The first kappa shape index (κ1) is 49.5. The lowest BCUT2D eigenvalue weighted by molar-refractivity contribution is -0.325. The molecule has 4 aromatic rings. The van der Waals surface area contributed by atoms with Crippen LogP contribution in [0.3, 0.4) is 0 Å². The van der Waals surface area contributed by atoms with Gasteiger partial charge in [0.1, 0.15) is 23.9 Å². The highest BCUT2D eigenvalue weighted by molar-refractivity contribution is 7.57. The minimum Gasteiger partial charge on any atom is -0.465 e. The van der Waals surface area contributed by atoms with Crippen molar-refractivity contribution in [2.45, 2.75) is 126 Å². The number of likely N-dealkylation sites (tertiary alicyclic amines) is 1. The largest absolute Gasteiger partial charge is 0.522 e. The van der Waals surface area contributed by atoms with Gasteiger partial charge in [0.2, 0.25) is 17.7 Å². The molecule has 3 saturated heterocycles. The van der Waals surface area contributed by atoms with Crippen molar-refractivity contribution in [3.8, 4) is 5.75 Å². The monoisotopic (exact) mass is 983 g/mol. The first-order chi connectivity index (χ1) is 32.5. The number of benzene rings is 3. The quantitative estimate of drug-likeness (QED) is 0.0597. The number of rotatable bonds is 17. The fraction of sp³-hybridized carbons (Fsp3) is 0.510. The Balaban J connectivity index is 1.03. The Labute approximate surface area is 397 Å². The van der Waals surface area contributed by atoms with Crippen LogP contribution >= 0.6 is 18.9 Å². The predicted octanol–water partition coefficient (Wildman–Crippen LogP) is 9.10. The summed E-state index contributed by atoms with van der Waals surface area (Å²) in [6.45, 7) is 3.29. The molecule has 68 heavy (non-hydrogen) atoms. The second kappa shape index (κ2) is 20.6. The summed E-state index contributed by atoms with van der Waals surface area (Å²) in [6, 6.07) is 20.4. The molecule has 8 atom stereocenters. The normalized spacial score (nSPS) is 24.2. The van der Waals surface area contributed by atoms with Crippen molar-refractivity contribution < 1.29 is 55.3 Å². The molecular weight excluding hydrogens is 926 g/mol. The molecule has 8 rings (SSSR count). The number of carbonyl (C=O) groups is 4. The number of ether oxygens (including phenoxy) is 2. The SMILES string of the molecule is CCCOC(=O)[C@H](C)N[P@](=O)(Oc1ccccc1)[C@@H](F)c1ccc2sc(C(=O)N[C@H]3CC[C@H](N(C)CCOC(F)(F)F)C[C@H]4CC[C@@H](C(=O)N5C[C@H](c6ccccc6)CC56CC6)N4C3=O)cc2c1. The van der Waals surface area contributed by atoms with Crippen LogP contribution in [0.25, 0.3) is 10.1 Å². The Morgan fingerprint density at radius 2 is 1.69 bits per heavy atom. The third-order valence-corrected chi connectivity index (χ3v) is 17.0. The summed E-state index contributed by atoms with van der Waals surface area (Å²) >= 11 is 1.11. The fourth-order valence-electron chi connectivity index (χ4n) is 10.1. The number of hydrogen-bond acceptors (Lipinski definition) is 10. The molecule has 1 aliphatic carbocycles. The van der Waals surface area contributed by atoms with Crippen LogP contribution in [0, 0.1) is 0 Å². The van der Waals surface area contributed by atoms with E-state index in [2.05, 4.69) is 27.3 Å². The zero-order valence-electron chi connectivity index (χ0n) is 38.3. The maximum Gasteiger partial charge on any atom is 0.522 e. The molecule has 4 fully saturated rings. The first-order valence-corrected chi connectivity index (χ1v) is 25.9. The van der Waals surface area contributed by atoms with Crippen molar-refractivity contribution in [1.29, 1.82) is 0 Å². The molecule has 19 heteroatoms. The zero-order valence-corrected chi connectivity index (χ0v) is 40.0. The molecule has 1 spiro atoms. The van der Waals surface area contributed by atoms with Gasteiger partial charge in [-0.1, -0.05) is 61.5 Å². The molecule has 3 amide bonds. The smallest absolute Gasteiger partial charge is 0.465 e. The van der Waals surface area contributed by atoms with E-state index in [1.165, 1.54) is 31.2 Å². The summed E-state index contributed by atoms with van der Waals surface area (Å²) in [7, 11) is -2.81. The van der Waals surface area contributed by atoms with Crippen LogP contribution in [0.2, 0.25) is 0 Å². The van der Waals surface area contributed by atoms with Crippen molar-refractivity contribution in [3.05, 3.63) is 101 Å². The zero-order chi connectivity index (χ0) is 48.4. The average molecular weight is 984 g/mol. The molecule has 1 aromatic heterocycles. The van der Waals surface area contributed by atoms with E-state index in [0.717, 1.165) is 36.2 Å². The number of alkyl halides is 4. The minimum atomic E-state index is -4.78. The molecule has 1 saturated carbocycles. The summed E-state index contributed by atoms with van der Waals surface area (Å²) in [4.78, 5) is 62.2. The van der Waals surface area contributed by atoms with Gasteiger partial charge in [-0.3, -0.25) is 28.5 Å². The number of hydrogen-bond donors (Lipinski definition) is 2. The third-order valence-electron chi connectivity index (χ3n) is 13.8. The molecule has 2 N–H and O–H groups in total. The van der Waals surface area contributed by atoms with Gasteiger partial charge < -0.3 is 29.3 Å². The lowest BCUT2D eigenvalue weighted by atomic mass is 9.93. The van der Waals surface area contributed by atoms with E-state index in [4.69, 9.17) is 9.26 Å². The number of amides is 3. The van der Waals surface area contributed by atoms with Gasteiger partial charge in [0.25, 0.3) is 5.91 Å². The third kappa shape index (κ3) is 11.1. The van der Waals surface area contributed by atoms with Gasteiger partial charge >= 0.3 is 19.9 Å². The predicted molar refractivity (Wildman–Crippen MR) is 249 cm³/mol. The van der Waals surface area contributed by atoms with Crippen molar-refractivity contribution >= 4 is 52.6 Å². The second-order valence-corrected chi connectivity index (χ2v) is 21.7.